The number of rotatable bonds is 4. The predicted molar refractivity (Wildman–Crippen MR) is 74.4 cm³/mol. The largest absolute Gasteiger partial charge is 0.439 e. The number of ether oxygens (including phenoxy) is 1. The quantitative estimate of drug-likeness (QED) is 0.906. The highest BCUT2D eigenvalue weighted by Gasteiger charge is 2.05. The van der Waals surface area contributed by atoms with E-state index in [-0.39, 0.29) is 0 Å². The number of nitrogens with one attached hydrogen (secondary N) is 1. The Kier molecular flexibility index (Phi) is 3.99. The van der Waals surface area contributed by atoms with Crippen molar-refractivity contribution in [2.75, 3.05) is 11.9 Å². The molecule has 0 saturated heterocycles. The maximum absolute atomic E-state index is 8.90. The molecule has 1 N–H and O–H groups in total. The topological polar surface area (TPSA) is 57.9 Å². The van der Waals surface area contributed by atoms with Crippen LogP contribution in [0, 0.1) is 18.3 Å². The molecule has 2 rings (SSSR count). The standard InChI is InChI=1S/C15H15N3O/c1-3-17-14-5-4-6-15(18-14)19-13-9-12(10-16)8-7-11(13)2/h4-9H,3H2,1-2H3,(H,17,18). The van der Waals surface area contributed by atoms with Gasteiger partial charge in [0.2, 0.25) is 5.88 Å². The second kappa shape index (κ2) is 5.87. The van der Waals surface area contributed by atoms with E-state index >= 15 is 0 Å². The molecule has 0 unspecified atom stereocenters. The van der Waals surface area contributed by atoms with Crippen LogP contribution in [0.4, 0.5) is 5.82 Å². The molecular formula is C15H15N3O. The van der Waals surface area contributed by atoms with Crippen LogP contribution in [0.3, 0.4) is 0 Å². The van der Waals surface area contributed by atoms with E-state index < -0.39 is 0 Å². The van der Waals surface area contributed by atoms with Crippen molar-refractivity contribution in [2.24, 2.45) is 0 Å². The Bertz CT molecular complexity index is 617. The van der Waals surface area contributed by atoms with E-state index in [9.17, 15) is 0 Å². The van der Waals surface area contributed by atoms with Crippen molar-refractivity contribution in [3.8, 4) is 17.7 Å². The molecule has 0 saturated carbocycles. The van der Waals surface area contributed by atoms with Crippen molar-refractivity contribution in [1.29, 1.82) is 5.26 Å². The summed E-state index contributed by atoms with van der Waals surface area (Å²) in [6.45, 7) is 4.75. The number of hydrogen-bond acceptors (Lipinski definition) is 4. The first kappa shape index (κ1) is 12.9. The molecule has 19 heavy (non-hydrogen) atoms. The number of hydrogen-bond donors (Lipinski definition) is 1. The molecule has 0 bridgehead atoms. The summed E-state index contributed by atoms with van der Waals surface area (Å²) in [6.07, 6.45) is 0. The first-order valence-electron chi connectivity index (χ1n) is 6.12. The zero-order valence-corrected chi connectivity index (χ0v) is 11.0. The van der Waals surface area contributed by atoms with Gasteiger partial charge in [0, 0.05) is 12.6 Å². The van der Waals surface area contributed by atoms with Gasteiger partial charge in [0.1, 0.15) is 11.6 Å². The molecule has 0 amide bonds. The van der Waals surface area contributed by atoms with E-state index in [0.29, 0.717) is 17.2 Å². The third-order valence-electron chi connectivity index (χ3n) is 2.61. The lowest BCUT2D eigenvalue weighted by Crippen LogP contribution is -2.00. The van der Waals surface area contributed by atoms with Crippen molar-refractivity contribution in [2.45, 2.75) is 13.8 Å². The van der Waals surface area contributed by atoms with Crippen molar-refractivity contribution >= 4 is 5.82 Å². The minimum Gasteiger partial charge on any atom is -0.439 e. The summed E-state index contributed by atoms with van der Waals surface area (Å²) in [7, 11) is 0. The predicted octanol–water partition coefficient (Wildman–Crippen LogP) is 3.49. The monoisotopic (exact) mass is 253 g/mol. The number of aromatic nitrogens is 1. The van der Waals surface area contributed by atoms with Crippen LogP contribution in [-0.2, 0) is 0 Å². The lowest BCUT2D eigenvalue weighted by molar-refractivity contribution is 0.460. The second-order valence-electron chi connectivity index (χ2n) is 4.09. The van der Waals surface area contributed by atoms with Crippen molar-refractivity contribution in [1.82, 2.24) is 4.98 Å². The van der Waals surface area contributed by atoms with E-state index in [2.05, 4.69) is 16.4 Å². The molecule has 2 aromatic rings. The molecule has 0 radical (unpaired) electrons. The molecule has 0 spiro atoms. The first-order valence-corrected chi connectivity index (χ1v) is 6.12. The van der Waals surface area contributed by atoms with Gasteiger partial charge in [0.15, 0.2) is 0 Å². The lowest BCUT2D eigenvalue weighted by atomic mass is 10.1. The molecule has 0 fully saturated rings. The number of nitrogens with zero attached hydrogens (tertiary/aromatic N) is 2. The number of aryl methyl sites for hydroxylation is 1. The zero-order chi connectivity index (χ0) is 13.7. The SMILES string of the molecule is CCNc1cccc(Oc2cc(C#N)ccc2C)n1. The zero-order valence-electron chi connectivity index (χ0n) is 11.0. The van der Waals surface area contributed by atoms with Gasteiger partial charge in [-0.25, -0.2) is 0 Å². The van der Waals surface area contributed by atoms with Gasteiger partial charge in [-0.05, 0) is 37.6 Å². The Morgan fingerprint density at radius 2 is 2.16 bits per heavy atom. The molecule has 0 atom stereocenters. The van der Waals surface area contributed by atoms with Gasteiger partial charge in [-0.15, -0.1) is 0 Å². The molecule has 4 nitrogen and oxygen atoms in total. The average Bonchev–Trinajstić information content (AvgIpc) is 2.42. The Hall–Kier alpha value is -2.54. The van der Waals surface area contributed by atoms with Crippen LogP contribution in [0.15, 0.2) is 36.4 Å². The highest BCUT2D eigenvalue weighted by atomic mass is 16.5. The van der Waals surface area contributed by atoms with Crippen LogP contribution in [0.5, 0.6) is 11.6 Å². The molecule has 0 aliphatic heterocycles. The van der Waals surface area contributed by atoms with Gasteiger partial charge >= 0.3 is 0 Å². The van der Waals surface area contributed by atoms with Gasteiger partial charge in [-0.2, -0.15) is 10.2 Å². The summed E-state index contributed by atoms with van der Waals surface area (Å²) in [5.74, 6) is 1.94. The van der Waals surface area contributed by atoms with Gasteiger partial charge in [-0.1, -0.05) is 12.1 Å². The average molecular weight is 253 g/mol. The minimum absolute atomic E-state index is 0.511. The maximum atomic E-state index is 8.90. The van der Waals surface area contributed by atoms with Crippen molar-refractivity contribution in [3.05, 3.63) is 47.5 Å². The number of nitriles is 1. The van der Waals surface area contributed by atoms with E-state index in [4.69, 9.17) is 10.00 Å². The molecule has 1 heterocycles. The van der Waals surface area contributed by atoms with Crippen LogP contribution in [0.25, 0.3) is 0 Å². The van der Waals surface area contributed by atoms with E-state index in [1.54, 1.807) is 18.2 Å². The normalized spacial score (nSPS) is 9.74. The lowest BCUT2D eigenvalue weighted by Gasteiger charge is -2.09. The van der Waals surface area contributed by atoms with Gasteiger partial charge < -0.3 is 10.1 Å². The van der Waals surface area contributed by atoms with Crippen LogP contribution >= 0.6 is 0 Å². The fourth-order valence-corrected chi connectivity index (χ4v) is 1.64. The molecular weight excluding hydrogens is 238 g/mol. The molecule has 0 aliphatic rings. The molecule has 1 aromatic heterocycles. The molecule has 1 aromatic carbocycles. The fraction of sp³-hybridized carbons (Fsp3) is 0.200. The van der Waals surface area contributed by atoms with Gasteiger partial charge in [0.25, 0.3) is 0 Å². The van der Waals surface area contributed by atoms with E-state index in [0.717, 1.165) is 17.9 Å². The van der Waals surface area contributed by atoms with Gasteiger partial charge in [0.05, 0.1) is 11.6 Å². The minimum atomic E-state index is 0.511. The first-order chi connectivity index (χ1) is 9.22. The maximum Gasteiger partial charge on any atom is 0.221 e. The number of pyridine rings is 1. The summed E-state index contributed by atoms with van der Waals surface area (Å²) < 4.78 is 5.74. The number of anilines is 1. The summed E-state index contributed by atoms with van der Waals surface area (Å²) in [5.41, 5.74) is 1.54. The van der Waals surface area contributed by atoms with Crippen LogP contribution in [0.1, 0.15) is 18.1 Å². The second-order valence-corrected chi connectivity index (χ2v) is 4.09. The van der Waals surface area contributed by atoms with E-state index in [1.165, 1.54) is 0 Å². The van der Waals surface area contributed by atoms with Crippen molar-refractivity contribution < 1.29 is 4.74 Å². The molecule has 96 valence electrons. The highest BCUT2D eigenvalue weighted by molar-refractivity contribution is 5.44. The Labute approximate surface area is 112 Å². The summed E-state index contributed by atoms with van der Waals surface area (Å²) in [4.78, 5) is 4.34. The third-order valence-corrected chi connectivity index (χ3v) is 2.61. The smallest absolute Gasteiger partial charge is 0.221 e. The van der Waals surface area contributed by atoms with Crippen LogP contribution < -0.4 is 10.1 Å². The molecule has 4 heteroatoms. The fourth-order valence-electron chi connectivity index (χ4n) is 1.64. The summed E-state index contributed by atoms with van der Waals surface area (Å²) in [5, 5.41) is 12.0. The third kappa shape index (κ3) is 3.23. The summed E-state index contributed by atoms with van der Waals surface area (Å²) in [6, 6.07) is 13.0. The molecule has 0 aliphatic carbocycles. The Morgan fingerprint density at radius 1 is 1.32 bits per heavy atom. The summed E-state index contributed by atoms with van der Waals surface area (Å²) >= 11 is 0. The number of benzene rings is 1. The van der Waals surface area contributed by atoms with Crippen molar-refractivity contribution in [3.63, 3.8) is 0 Å². The Morgan fingerprint density at radius 3 is 2.89 bits per heavy atom. The van der Waals surface area contributed by atoms with Gasteiger partial charge in [-0.3, -0.25) is 0 Å². The van der Waals surface area contributed by atoms with E-state index in [1.807, 2.05) is 32.0 Å². The van der Waals surface area contributed by atoms with Crippen LogP contribution in [-0.4, -0.2) is 11.5 Å². The highest BCUT2D eigenvalue weighted by Crippen LogP contribution is 2.25. The van der Waals surface area contributed by atoms with Crippen LogP contribution in [0.2, 0.25) is 0 Å². The Balaban J connectivity index is 2.26.